The molecule has 40 heavy (non-hydrogen) atoms. The van der Waals surface area contributed by atoms with E-state index in [-0.39, 0.29) is 30.6 Å². The van der Waals surface area contributed by atoms with Gasteiger partial charge >= 0.3 is 5.97 Å². The van der Waals surface area contributed by atoms with Crippen LogP contribution in [-0.2, 0) is 19.0 Å². The molecular weight excluding hydrogens is 532 g/mol. The number of ether oxygens (including phenoxy) is 7. The lowest BCUT2D eigenvalue weighted by Gasteiger charge is -2.44. The summed E-state index contributed by atoms with van der Waals surface area (Å²) in [6.07, 6.45) is -8.35. The van der Waals surface area contributed by atoms with Gasteiger partial charge in [-0.05, 0) is 41.0 Å². The third-order valence-electron chi connectivity index (χ3n) is 8.11. The minimum Gasteiger partial charge on any atom is -0.502 e. The molecule has 0 saturated carbocycles. The van der Waals surface area contributed by atoms with E-state index in [0.717, 1.165) is 0 Å². The Morgan fingerprint density at radius 3 is 2.17 bits per heavy atom. The number of carbonyl (C=O) groups is 1. The van der Waals surface area contributed by atoms with E-state index in [1.54, 1.807) is 24.3 Å². The average Bonchev–Trinajstić information content (AvgIpc) is 3.58. The first kappa shape index (κ1) is 26.9. The predicted octanol–water partition coefficient (Wildman–Crippen LogP) is -0.0696. The SMILES string of the molecule is COc1cc(C2c3cc4c(cc3C(O[C@@H]3O[C@H](CO)[C@@H](O)[C@H](O)[C@H]3O)C3COC(=O)C23)OCO4)cc(OC)c1O. The zero-order valence-electron chi connectivity index (χ0n) is 21.6. The normalized spacial score (nSPS) is 34.1. The molecule has 6 rings (SSSR count). The highest BCUT2D eigenvalue weighted by Crippen LogP contribution is 2.57. The van der Waals surface area contributed by atoms with E-state index in [0.29, 0.717) is 28.2 Å². The number of phenolic OH excluding ortho intramolecular Hbond substituents is 1. The number of esters is 1. The van der Waals surface area contributed by atoms with Gasteiger partial charge in [0.1, 0.15) is 24.4 Å². The first-order valence-corrected chi connectivity index (χ1v) is 12.8. The maximum Gasteiger partial charge on any atom is 0.310 e. The molecule has 0 radical (unpaired) electrons. The van der Waals surface area contributed by atoms with Crippen LogP contribution in [-0.4, -0.2) is 96.4 Å². The number of rotatable bonds is 6. The van der Waals surface area contributed by atoms with Gasteiger partial charge < -0.3 is 58.7 Å². The summed E-state index contributed by atoms with van der Waals surface area (Å²) >= 11 is 0. The van der Waals surface area contributed by atoms with E-state index < -0.39 is 67.1 Å². The Morgan fingerprint density at radius 1 is 0.900 bits per heavy atom. The topological polar surface area (TPSA) is 183 Å². The number of fused-ring (bicyclic) bond motifs is 3. The van der Waals surface area contributed by atoms with Gasteiger partial charge in [-0.2, -0.15) is 0 Å². The molecule has 2 aromatic carbocycles. The van der Waals surface area contributed by atoms with Gasteiger partial charge in [0, 0.05) is 11.8 Å². The molecule has 0 aromatic heterocycles. The van der Waals surface area contributed by atoms with Crippen LogP contribution in [0.25, 0.3) is 0 Å². The molecule has 4 aliphatic rings. The number of aliphatic hydroxyl groups excluding tert-OH is 4. The van der Waals surface area contributed by atoms with E-state index in [1.807, 2.05) is 0 Å². The van der Waals surface area contributed by atoms with Gasteiger partial charge in [0.25, 0.3) is 0 Å². The number of hydrogen-bond acceptors (Lipinski definition) is 13. The third-order valence-corrected chi connectivity index (χ3v) is 8.11. The minimum absolute atomic E-state index is 0.00309. The van der Waals surface area contributed by atoms with Gasteiger partial charge in [0.05, 0.1) is 39.5 Å². The van der Waals surface area contributed by atoms with Crippen molar-refractivity contribution in [2.24, 2.45) is 11.8 Å². The second-order valence-electron chi connectivity index (χ2n) is 10.2. The van der Waals surface area contributed by atoms with Crippen molar-refractivity contribution in [2.75, 3.05) is 34.2 Å². The third kappa shape index (κ3) is 4.12. The first-order chi connectivity index (χ1) is 19.3. The van der Waals surface area contributed by atoms with Crippen molar-refractivity contribution >= 4 is 5.97 Å². The fourth-order valence-corrected chi connectivity index (χ4v) is 6.10. The predicted molar refractivity (Wildman–Crippen MR) is 131 cm³/mol. The largest absolute Gasteiger partial charge is 0.502 e. The van der Waals surface area contributed by atoms with Crippen LogP contribution < -0.4 is 18.9 Å². The quantitative estimate of drug-likeness (QED) is 0.295. The number of carbonyl (C=O) groups excluding carboxylic acids is 1. The number of methoxy groups -OCH3 is 2. The Bertz CT molecular complexity index is 1270. The standard InChI is InChI=1S/C27H30O13/c1-34-16-3-10(4-17(35-2)21(16)29)19-11-5-14-15(38-9-37-14)6-12(11)25(13-8-36-26(33)20(13)19)40-27-24(32)23(31)22(30)18(7-28)39-27/h3-6,13,18-20,22-25,27-32H,7-9H2,1-2H3/t13?,18-,19?,20?,22-,23+,24-,25?,27+/m1/s1. The Morgan fingerprint density at radius 2 is 1.55 bits per heavy atom. The molecule has 9 atom stereocenters. The smallest absolute Gasteiger partial charge is 0.310 e. The molecule has 13 nitrogen and oxygen atoms in total. The van der Waals surface area contributed by atoms with Gasteiger partial charge in [-0.1, -0.05) is 0 Å². The minimum atomic E-state index is -1.64. The van der Waals surface area contributed by atoms with Crippen LogP contribution in [0.4, 0.5) is 0 Å². The second-order valence-corrected chi connectivity index (χ2v) is 10.2. The summed E-state index contributed by atoms with van der Waals surface area (Å²) in [5.74, 6) is -1.43. The number of phenols is 1. The summed E-state index contributed by atoms with van der Waals surface area (Å²) < 4.78 is 39.4. The van der Waals surface area contributed by atoms with Gasteiger partial charge in [0.2, 0.25) is 12.5 Å². The van der Waals surface area contributed by atoms with E-state index in [2.05, 4.69) is 0 Å². The van der Waals surface area contributed by atoms with Crippen LogP contribution in [0.1, 0.15) is 28.7 Å². The highest BCUT2D eigenvalue weighted by Gasteiger charge is 2.55. The number of benzene rings is 2. The van der Waals surface area contributed by atoms with E-state index in [9.17, 15) is 30.3 Å². The Kier molecular flexibility index (Phi) is 6.89. The van der Waals surface area contributed by atoms with Gasteiger partial charge in [-0.15, -0.1) is 0 Å². The van der Waals surface area contributed by atoms with Crippen LogP contribution in [0.3, 0.4) is 0 Å². The summed E-state index contributed by atoms with van der Waals surface area (Å²) in [4.78, 5) is 13.3. The molecule has 3 heterocycles. The molecule has 5 N–H and O–H groups in total. The average molecular weight is 563 g/mol. The molecular formula is C27H30O13. The maximum absolute atomic E-state index is 13.3. The van der Waals surface area contributed by atoms with Crippen molar-refractivity contribution in [1.29, 1.82) is 0 Å². The van der Waals surface area contributed by atoms with Crippen molar-refractivity contribution in [3.8, 4) is 28.7 Å². The van der Waals surface area contributed by atoms with Crippen LogP contribution in [0, 0.1) is 11.8 Å². The van der Waals surface area contributed by atoms with E-state index in [4.69, 9.17) is 33.2 Å². The number of hydrogen-bond donors (Lipinski definition) is 5. The Hall–Kier alpha value is -3.33. The van der Waals surface area contributed by atoms with Crippen molar-refractivity contribution in [2.45, 2.75) is 42.7 Å². The molecule has 2 saturated heterocycles. The highest BCUT2D eigenvalue weighted by molar-refractivity contribution is 5.79. The fourth-order valence-electron chi connectivity index (χ4n) is 6.10. The zero-order valence-corrected chi connectivity index (χ0v) is 21.6. The van der Waals surface area contributed by atoms with Crippen molar-refractivity contribution in [3.05, 3.63) is 41.0 Å². The Balaban J connectivity index is 1.48. The van der Waals surface area contributed by atoms with Crippen molar-refractivity contribution < 1.29 is 63.5 Å². The Labute approximate surface area is 228 Å². The number of aromatic hydroxyl groups is 1. The molecule has 3 aliphatic heterocycles. The van der Waals surface area contributed by atoms with Gasteiger partial charge in [-0.25, -0.2) is 0 Å². The molecule has 0 spiro atoms. The maximum atomic E-state index is 13.3. The lowest BCUT2D eigenvalue weighted by Crippen LogP contribution is -2.59. The molecule has 2 aromatic rings. The zero-order chi connectivity index (χ0) is 28.3. The summed E-state index contributed by atoms with van der Waals surface area (Å²) in [7, 11) is 2.81. The monoisotopic (exact) mass is 562 g/mol. The van der Waals surface area contributed by atoms with Crippen LogP contribution in [0.5, 0.6) is 28.7 Å². The van der Waals surface area contributed by atoms with Crippen LogP contribution in [0.15, 0.2) is 24.3 Å². The van der Waals surface area contributed by atoms with Crippen LogP contribution >= 0.6 is 0 Å². The molecule has 13 heteroatoms. The van der Waals surface area contributed by atoms with E-state index in [1.165, 1.54) is 14.2 Å². The van der Waals surface area contributed by atoms with Gasteiger partial charge in [0.15, 0.2) is 29.3 Å². The summed E-state index contributed by atoms with van der Waals surface area (Å²) in [5, 5.41) is 51.4. The lowest BCUT2D eigenvalue weighted by atomic mass is 9.66. The van der Waals surface area contributed by atoms with Crippen LogP contribution in [0.2, 0.25) is 0 Å². The summed E-state index contributed by atoms with van der Waals surface area (Å²) in [6.45, 7) is -0.635. The number of aliphatic hydroxyl groups is 4. The first-order valence-electron chi connectivity index (χ1n) is 12.8. The fraction of sp³-hybridized carbons (Fsp3) is 0.519. The highest BCUT2D eigenvalue weighted by atomic mass is 16.7. The molecule has 1 aliphatic carbocycles. The summed E-state index contributed by atoms with van der Waals surface area (Å²) in [5.41, 5.74) is 1.83. The van der Waals surface area contributed by atoms with Crippen molar-refractivity contribution in [1.82, 2.24) is 0 Å². The molecule has 2 fully saturated rings. The molecule has 0 bridgehead atoms. The van der Waals surface area contributed by atoms with Crippen molar-refractivity contribution in [3.63, 3.8) is 0 Å². The van der Waals surface area contributed by atoms with Gasteiger partial charge in [-0.3, -0.25) is 4.79 Å². The molecule has 0 amide bonds. The molecule has 216 valence electrons. The molecule has 4 unspecified atom stereocenters. The number of cyclic esters (lactones) is 1. The second kappa shape index (κ2) is 10.3. The lowest BCUT2D eigenvalue weighted by molar-refractivity contribution is -0.317. The summed E-state index contributed by atoms with van der Waals surface area (Å²) in [6, 6.07) is 6.73. The van der Waals surface area contributed by atoms with E-state index >= 15 is 0 Å².